The standard InChI is InChI=1S/C30H50O2/c1-17(2)19(4)29(6)15-25(29)18(3)23-10-11-24-22-9-8-20-14-21(31)12-13-28(20,5)27(22)26(32)16-30(23,24)7/h8,17-19,21-27,31-32H,9-16H2,1-7H3. The third-order valence-electron chi connectivity index (χ3n) is 12.7. The van der Waals surface area contributed by atoms with Crippen molar-refractivity contribution in [2.24, 2.45) is 63.6 Å². The van der Waals surface area contributed by atoms with E-state index in [1.54, 1.807) is 0 Å². The maximum atomic E-state index is 11.7. The van der Waals surface area contributed by atoms with Crippen LogP contribution in [-0.4, -0.2) is 22.4 Å². The minimum atomic E-state index is -0.182. The lowest BCUT2D eigenvalue weighted by molar-refractivity contribution is -0.130. The second kappa shape index (κ2) is 7.58. The quantitative estimate of drug-likeness (QED) is 0.467. The van der Waals surface area contributed by atoms with E-state index in [1.807, 2.05) is 0 Å². The summed E-state index contributed by atoms with van der Waals surface area (Å²) >= 11 is 0. The van der Waals surface area contributed by atoms with Gasteiger partial charge in [0, 0.05) is 0 Å². The molecule has 0 aliphatic heterocycles. The first-order chi connectivity index (χ1) is 14.9. The molecule has 4 saturated carbocycles. The molecule has 2 heteroatoms. The van der Waals surface area contributed by atoms with Crippen LogP contribution in [0.2, 0.25) is 0 Å². The van der Waals surface area contributed by atoms with Crippen molar-refractivity contribution in [2.75, 3.05) is 0 Å². The smallest absolute Gasteiger partial charge is 0.0585 e. The average molecular weight is 443 g/mol. The lowest BCUT2D eigenvalue weighted by Crippen LogP contribution is -2.56. The Morgan fingerprint density at radius 2 is 1.66 bits per heavy atom. The SMILES string of the molecule is CC(C)C(C)C1(C)CC1C(C)C1CCC2C3CC=C4CC(O)CCC4(C)C3C(O)CC12C. The van der Waals surface area contributed by atoms with Crippen molar-refractivity contribution in [1.29, 1.82) is 0 Å². The van der Waals surface area contributed by atoms with Gasteiger partial charge in [0.05, 0.1) is 12.2 Å². The summed E-state index contributed by atoms with van der Waals surface area (Å²) in [6.07, 6.45) is 11.2. The Balaban J connectivity index is 1.39. The molecule has 0 aromatic carbocycles. The van der Waals surface area contributed by atoms with Crippen LogP contribution in [0.25, 0.3) is 0 Å². The zero-order valence-corrected chi connectivity index (χ0v) is 21.9. The third-order valence-corrected chi connectivity index (χ3v) is 12.7. The van der Waals surface area contributed by atoms with Crippen molar-refractivity contribution in [2.45, 2.75) is 112 Å². The van der Waals surface area contributed by atoms with Crippen LogP contribution in [0.3, 0.4) is 0 Å². The second-order valence-corrected chi connectivity index (χ2v) is 14.2. The maximum absolute atomic E-state index is 11.7. The molecule has 0 amide bonds. The zero-order valence-electron chi connectivity index (χ0n) is 21.9. The van der Waals surface area contributed by atoms with Crippen LogP contribution in [-0.2, 0) is 0 Å². The van der Waals surface area contributed by atoms with Gasteiger partial charge in [-0.25, -0.2) is 0 Å². The van der Waals surface area contributed by atoms with E-state index in [2.05, 4.69) is 54.5 Å². The van der Waals surface area contributed by atoms with E-state index in [4.69, 9.17) is 0 Å². The Morgan fingerprint density at radius 1 is 0.938 bits per heavy atom. The van der Waals surface area contributed by atoms with Crippen molar-refractivity contribution < 1.29 is 10.2 Å². The van der Waals surface area contributed by atoms with E-state index in [0.717, 1.165) is 67.6 Å². The fraction of sp³-hybridized carbons (Fsp3) is 0.933. The molecule has 5 aliphatic carbocycles. The topological polar surface area (TPSA) is 40.5 Å². The van der Waals surface area contributed by atoms with Crippen LogP contribution < -0.4 is 0 Å². The molecule has 12 atom stereocenters. The van der Waals surface area contributed by atoms with Gasteiger partial charge >= 0.3 is 0 Å². The van der Waals surface area contributed by atoms with Gasteiger partial charge in [0.2, 0.25) is 0 Å². The summed E-state index contributed by atoms with van der Waals surface area (Å²) < 4.78 is 0. The summed E-state index contributed by atoms with van der Waals surface area (Å²) in [7, 11) is 0. The molecule has 0 heterocycles. The fourth-order valence-electron chi connectivity index (χ4n) is 10.4. The van der Waals surface area contributed by atoms with Gasteiger partial charge < -0.3 is 10.2 Å². The van der Waals surface area contributed by atoms with Gasteiger partial charge in [-0.1, -0.05) is 60.1 Å². The normalized spacial score (nSPS) is 54.3. The third kappa shape index (κ3) is 3.17. The van der Waals surface area contributed by atoms with Crippen LogP contribution in [0.1, 0.15) is 99.8 Å². The average Bonchev–Trinajstić information content (AvgIpc) is 3.30. The van der Waals surface area contributed by atoms with Gasteiger partial charge in [0.25, 0.3) is 0 Å². The number of hydrogen-bond donors (Lipinski definition) is 2. The number of allylic oxidation sites excluding steroid dienone is 1. The molecule has 2 nitrogen and oxygen atoms in total. The predicted octanol–water partition coefficient (Wildman–Crippen LogP) is 6.85. The first-order valence-corrected chi connectivity index (χ1v) is 14.0. The lowest BCUT2D eigenvalue weighted by atomic mass is 9.46. The Morgan fingerprint density at radius 3 is 2.34 bits per heavy atom. The van der Waals surface area contributed by atoms with Crippen LogP contribution in [0.15, 0.2) is 11.6 Å². The summed E-state index contributed by atoms with van der Waals surface area (Å²) in [6, 6.07) is 0. The van der Waals surface area contributed by atoms with E-state index >= 15 is 0 Å². The molecule has 0 bridgehead atoms. The van der Waals surface area contributed by atoms with E-state index in [0.29, 0.717) is 22.7 Å². The van der Waals surface area contributed by atoms with E-state index in [1.165, 1.54) is 24.8 Å². The first kappa shape index (κ1) is 23.4. The van der Waals surface area contributed by atoms with E-state index < -0.39 is 0 Å². The molecule has 2 N–H and O–H groups in total. The minimum absolute atomic E-state index is 0.106. The van der Waals surface area contributed by atoms with Crippen LogP contribution in [0, 0.1) is 63.6 Å². The molecule has 5 rings (SSSR count). The summed E-state index contributed by atoms with van der Waals surface area (Å²) in [5.74, 6) is 5.75. The molecule has 0 radical (unpaired) electrons. The van der Waals surface area contributed by atoms with Gasteiger partial charge in [-0.05, 0) is 115 Å². The molecular weight excluding hydrogens is 392 g/mol. The van der Waals surface area contributed by atoms with Crippen LogP contribution >= 0.6 is 0 Å². The lowest BCUT2D eigenvalue weighted by Gasteiger charge is -2.60. The van der Waals surface area contributed by atoms with Gasteiger partial charge in [-0.3, -0.25) is 0 Å². The highest BCUT2D eigenvalue weighted by atomic mass is 16.3. The van der Waals surface area contributed by atoms with E-state index in [-0.39, 0.29) is 17.6 Å². The van der Waals surface area contributed by atoms with Gasteiger partial charge in [0.15, 0.2) is 0 Å². The first-order valence-electron chi connectivity index (χ1n) is 14.0. The molecule has 5 aliphatic rings. The van der Waals surface area contributed by atoms with Crippen molar-refractivity contribution in [3.8, 4) is 0 Å². The molecule has 182 valence electrons. The molecule has 0 spiro atoms. The van der Waals surface area contributed by atoms with Crippen LogP contribution in [0.4, 0.5) is 0 Å². The van der Waals surface area contributed by atoms with Gasteiger partial charge in [0.1, 0.15) is 0 Å². The molecule has 4 fully saturated rings. The highest BCUT2D eigenvalue weighted by molar-refractivity contribution is 5.27. The van der Waals surface area contributed by atoms with Crippen molar-refractivity contribution in [1.82, 2.24) is 0 Å². The second-order valence-electron chi connectivity index (χ2n) is 14.2. The molecular formula is C30H50O2. The Kier molecular flexibility index (Phi) is 5.54. The fourth-order valence-corrected chi connectivity index (χ4v) is 10.4. The van der Waals surface area contributed by atoms with Crippen molar-refractivity contribution in [3.63, 3.8) is 0 Å². The van der Waals surface area contributed by atoms with Crippen molar-refractivity contribution in [3.05, 3.63) is 11.6 Å². The number of aliphatic hydroxyl groups is 2. The largest absolute Gasteiger partial charge is 0.393 e. The predicted molar refractivity (Wildman–Crippen MR) is 132 cm³/mol. The molecule has 12 unspecified atom stereocenters. The molecule has 32 heavy (non-hydrogen) atoms. The van der Waals surface area contributed by atoms with Crippen LogP contribution in [0.5, 0.6) is 0 Å². The molecule has 0 saturated heterocycles. The monoisotopic (exact) mass is 442 g/mol. The summed E-state index contributed by atoms with van der Waals surface area (Å²) in [4.78, 5) is 0. The number of hydrogen-bond acceptors (Lipinski definition) is 2. The highest BCUT2D eigenvalue weighted by Crippen LogP contribution is 2.71. The summed E-state index contributed by atoms with van der Waals surface area (Å²) in [6.45, 7) is 17.4. The van der Waals surface area contributed by atoms with Gasteiger partial charge in [-0.15, -0.1) is 0 Å². The highest BCUT2D eigenvalue weighted by Gasteiger charge is 2.65. The van der Waals surface area contributed by atoms with Crippen molar-refractivity contribution >= 4 is 0 Å². The number of rotatable bonds is 4. The zero-order chi connectivity index (χ0) is 23.2. The number of aliphatic hydroxyl groups excluding tert-OH is 2. The maximum Gasteiger partial charge on any atom is 0.0585 e. The van der Waals surface area contributed by atoms with E-state index in [9.17, 15) is 10.2 Å². The minimum Gasteiger partial charge on any atom is -0.393 e. The molecule has 0 aromatic heterocycles. The Bertz CT molecular complexity index is 771. The summed E-state index contributed by atoms with van der Waals surface area (Å²) in [5.41, 5.74) is 2.38. The number of fused-ring (bicyclic) bond motifs is 5. The Hall–Kier alpha value is -0.340. The Labute approximate surface area is 197 Å². The van der Waals surface area contributed by atoms with Gasteiger partial charge in [-0.2, -0.15) is 0 Å². The summed E-state index contributed by atoms with van der Waals surface area (Å²) in [5, 5.41) is 22.0. The molecule has 0 aromatic rings.